The van der Waals surface area contributed by atoms with Crippen LogP contribution in [0.25, 0.3) is 0 Å². The molecule has 0 bridgehead atoms. The molecule has 1 unspecified atom stereocenters. The Morgan fingerprint density at radius 1 is 1.16 bits per heavy atom. The first-order valence-corrected chi connectivity index (χ1v) is 7.54. The number of para-hydroxylation sites is 1. The van der Waals surface area contributed by atoms with Crippen LogP contribution in [-0.4, -0.2) is 5.75 Å². The van der Waals surface area contributed by atoms with E-state index in [0.717, 1.165) is 28.3 Å². The number of fused-ring (bicyclic) bond motifs is 1. The van der Waals surface area contributed by atoms with E-state index in [-0.39, 0.29) is 11.9 Å². The second-order valence-electron chi connectivity index (χ2n) is 4.47. The smallest absolute Gasteiger partial charge is 0.137 e. The average molecular weight is 294 g/mol. The first-order chi connectivity index (χ1) is 9.25. The lowest BCUT2D eigenvalue weighted by Gasteiger charge is -2.27. The van der Waals surface area contributed by atoms with Crippen molar-refractivity contribution in [2.24, 2.45) is 0 Å². The van der Waals surface area contributed by atoms with Gasteiger partial charge in [-0.05, 0) is 30.2 Å². The lowest BCUT2D eigenvalue weighted by Crippen LogP contribution is -2.17. The highest BCUT2D eigenvalue weighted by Gasteiger charge is 2.23. The molecule has 0 aromatic heterocycles. The molecular formula is C15H13ClFNS. The molecule has 0 saturated carbocycles. The maximum absolute atomic E-state index is 13.8. The maximum atomic E-state index is 13.8. The predicted molar refractivity (Wildman–Crippen MR) is 79.6 cm³/mol. The van der Waals surface area contributed by atoms with E-state index in [2.05, 4.69) is 5.32 Å². The highest BCUT2D eigenvalue weighted by atomic mass is 35.5. The summed E-state index contributed by atoms with van der Waals surface area (Å²) in [5.74, 6) is 0.781. The zero-order chi connectivity index (χ0) is 13.2. The quantitative estimate of drug-likeness (QED) is 0.824. The average Bonchev–Trinajstić information content (AvgIpc) is 2.42. The molecule has 0 radical (unpaired) electrons. The molecule has 0 saturated heterocycles. The summed E-state index contributed by atoms with van der Waals surface area (Å²) in [5, 5.41) is 4.11. The topological polar surface area (TPSA) is 12.0 Å². The van der Waals surface area contributed by atoms with Crippen LogP contribution in [0, 0.1) is 5.82 Å². The molecular weight excluding hydrogens is 281 g/mol. The van der Waals surface area contributed by atoms with Crippen molar-refractivity contribution in [2.75, 3.05) is 11.1 Å². The van der Waals surface area contributed by atoms with Crippen LogP contribution in [0.1, 0.15) is 18.0 Å². The summed E-state index contributed by atoms with van der Waals surface area (Å²) in [4.78, 5) is 0.762. The van der Waals surface area contributed by atoms with Crippen molar-refractivity contribution in [3.05, 3.63) is 58.9 Å². The van der Waals surface area contributed by atoms with E-state index in [1.54, 1.807) is 17.8 Å². The number of hydrogen-bond donors (Lipinski definition) is 1. The summed E-state index contributed by atoms with van der Waals surface area (Å²) in [7, 11) is 0. The van der Waals surface area contributed by atoms with Gasteiger partial charge in [0.15, 0.2) is 0 Å². The largest absolute Gasteiger partial charge is 0.377 e. The maximum Gasteiger partial charge on any atom is 0.137 e. The van der Waals surface area contributed by atoms with Gasteiger partial charge in [0.2, 0.25) is 0 Å². The monoisotopic (exact) mass is 293 g/mol. The van der Waals surface area contributed by atoms with E-state index in [0.29, 0.717) is 5.02 Å². The van der Waals surface area contributed by atoms with Crippen molar-refractivity contribution >= 4 is 29.1 Å². The van der Waals surface area contributed by atoms with Gasteiger partial charge in [-0.1, -0.05) is 35.9 Å². The van der Waals surface area contributed by atoms with E-state index in [1.165, 1.54) is 6.07 Å². The number of nitrogens with one attached hydrogen (secondary N) is 1. The Morgan fingerprint density at radius 2 is 2.00 bits per heavy atom. The molecule has 0 spiro atoms. The number of anilines is 1. The summed E-state index contributed by atoms with van der Waals surface area (Å²) < 4.78 is 13.8. The lowest BCUT2D eigenvalue weighted by atomic mass is 10.0. The van der Waals surface area contributed by atoms with Gasteiger partial charge in [0, 0.05) is 10.6 Å². The van der Waals surface area contributed by atoms with Gasteiger partial charge < -0.3 is 5.32 Å². The second kappa shape index (κ2) is 5.43. The first kappa shape index (κ1) is 12.8. The molecule has 3 rings (SSSR count). The number of benzene rings is 2. The fourth-order valence-electron chi connectivity index (χ4n) is 2.30. The Bertz CT molecular complexity index is 602. The molecule has 98 valence electrons. The van der Waals surface area contributed by atoms with E-state index in [4.69, 9.17) is 11.6 Å². The van der Waals surface area contributed by atoms with Gasteiger partial charge >= 0.3 is 0 Å². The Kier molecular flexibility index (Phi) is 3.67. The number of rotatable bonds is 2. The van der Waals surface area contributed by atoms with Crippen LogP contribution in [0.4, 0.5) is 10.1 Å². The number of thioether (sulfide) groups is 1. The van der Waals surface area contributed by atoms with Crippen LogP contribution in [0.15, 0.2) is 47.4 Å². The fraction of sp³-hybridized carbons (Fsp3) is 0.200. The van der Waals surface area contributed by atoms with E-state index in [1.807, 2.05) is 30.3 Å². The van der Waals surface area contributed by atoms with E-state index < -0.39 is 0 Å². The molecule has 1 heterocycles. The fourth-order valence-corrected chi connectivity index (χ4v) is 3.63. The molecule has 4 heteroatoms. The van der Waals surface area contributed by atoms with Gasteiger partial charge in [-0.15, -0.1) is 11.8 Å². The van der Waals surface area contributed by atoms with E-state index >= 15 is 0 Å². The van der Waals surface area contributed by atoms with Gasteiger partial charge in [-0.3, -0.25) is 0 Å². The van der Waals surface area contributed by atoms with Crippen LogP contribution in [0.2, 0.25) is 5.02 Å². The SMILES string of the molecule is Fc1cccc2c1SCCC2Nc1ccccc1Cl. The van der Waals surface area contributed by atoms with Crippen LogP contribution < -0.4 is 5.32 Å². The molecule has 0 amide bonds. The third-order valence-electron chi connectivity index (χ3n) is 3.23. The Hall–Kier alpha value is -1.19. The first-order valence-electron chi connectivity index (χ1n) is 6.18. The van der Waals surface area contributed by atoms with Crippen molar-refractivity contribution in [3.8, 4) is 0 Å². The molecule has 2 aromatic rings. The normalized spacial score (nSPS) is 17.9. The molecule has 1 atom stereocenters. The van der Waals surface area contributed by atoms with Gasteiger partial charge in [0.25, 0.3) is 0 Å². The standard InChI is InChI=1S/C15H13ClFNS/c16-11-5-1-2-7-14(11)18-13-8-9-19-15-10(13)4-3-6-12(15)17/h1-7,13,18H,8-9H2. The van der Waals surface area contributed by atoms with Crippen molar-refractivity contribution in [1.82, 2.24) is 0 Å². The predicted octanol–water partition coefficient (Wildman–Crippen LogP) is 5.13. The van der Waals surface area contributed by atoms with Crippen LogP contribution in [-0.2, 0) is 0 Å². The Balaban J connectivity index is 1.92. The molecule has 1 aliphatic heterocycles. The van der Waals surface area contributed by atoms with Crippen molar-refractivity contribution in [1.29, 1.82) is 0 Å². The number of halogens is 2. The molecule has 19 heavy (non-hydrogen) atoms. The minimum absolute atomic E-state index is 0.117. The van der Waals surface area contributed by atoms with Crippen molar-refractivity contribution in [2.45, 2.75) is 17.4 Å². The van der Waals surface area contributed by atoms with Gasteiger partial charge in [-0.25, -0.2) is 4.39 Å². The summed E-state index contributed by atoms with van der Waals surface area (Å²) in [6, 6.07) is 13.0. The second-order valence-corrected chi connectivity index (χ2v) is 5.98. The third kappa shape index (κ3) is 2.58. The highest BCUT2D eigenvalue weighted by Crippen LogP contribution is 2.40. The minimum atomic E-state index is -0.131. The lowest BCUT2D eigenvalue weighted by molar-refractivity contribution is 0.585. The highest BCUT2D eigenvalue weighted by molar-refractivity contribution is 7.99. The van der Waals surface area contributed by atoms with Crippen LogP contribution in [0.3, 0.4) is 0 Å². The molecule has 1 N–H and O–H groups in total. The summed E-state index contributed by atoms with van der Waals surface area (Å²) in [5.41, 5.74) is 1.92. The molecule has 1 nitrogen and oxygen atoms in total. The van der Waals surface area contributed by atoms with Gasteiger partial charge in [0.1, 0.15) is 5.82 Å². The number of hydrogen-bond acceptors (Lipinski definition) is 2. The van der Waals surface area contributed by atoms with Crippen LogP contribution >= 0.6 is 23.4 Å². The summed E-state index contributed by atoms with van der Waals surface area (Å²) in [6.07, 6.45) is 0.965. The Labute approximate surface area is 121 Å². The summed E-state index contributed by atoms with van der Waals surface area (Å²) >= 11 is 7.75. The minimum Gasteiger partial charge on any atom is -0.377 e. The zero-order valence-electron chi connectivity index (χ0n) is 10.2. The van der Waals surface area contributed by atoms with Crippen molar-refractivity contribution < 1.29 is 4.39 Å². The zero-order valence-corrected chi connectivity index (χ0v) is 11.8. The van der Waals surface area contributed by atoms with Gasteiger partial charge in [-0.2, -0.15) is 0 Å². The van der Waals surface area contributed by atoms with Gasteiger partial charge in [0.05, 0.1) is 16.8 Å². The van der Waals surface area contributed by atoms with E-state index in [9.17, 15) is 4.39 Å². The van der Waals surface area contributed by atoms with Crippen molar-refractivity contribution in [3.63, 3.8) is 0 Å². The Morgan fingerprint density at radius 3 is 2.84 bits per heavy atom. The third-order valence-corrected chi connectivity index (χ3v) is 4.72. The summed E-state index contributed by atoms with van der Waals surface area (Å²) in [6.45, 7) is 0. The molecule has 1 aliphatic rings. The van der Waals surface area contributed by atoms with Crippen LogP contribution in [0.5, 0.6) is 0 Å². The molecule has 0 fully saturated rings. The molecule has 2 aromatic carbocycles. The molecule has 0 aliphatic carbocycles.